The molecule has 2 aromatic rings. The second kappa shape index (κ2) is 11.4. The van der Waals surface area contributed by atoms with Crippen LogP contribution in [0.5, 0.6) is 0 Å². The van der Waals surface area contributed by atoms with Crippen molar-refractivity contribution in [3.8, 4) is 0 Å². The molecule has 5 saturated carbocycles. The Labute approximate surface area is 273 Å². The lowest BCUT2D eigenvalue weighted by Gasteiger charge is -2.57. The van der Waals surface area contributed by atoms with E-state index in [0.717, 1.165) is 43.6 Å². The highest BCUT2D eigenvalue weighted by molar-refractivity contribution is 5.86. The zero-order chi connectivity index (χ0) is 33.6. The molecule has 2 aliphatic heterocycles. The normalized spacial score (nSPS) is 37.1. The number of likely N-dealkylation sites (tertiary alicyclic amines) is 1. The number of halogens is 6. The Balaban J connectivity index is 0.966. The number of pyridine rings is 1. The van der Waals surface area contributed by atoms with Crippen molar-refractivity contribution >= 4 is 17.0 Å². The summed E-state index contributed by atoms with van der Waals surface area (Å²) in [4.78, 5) is 30.3. The average molecular weight is 685 g/mol. The quantitative estimate of drug-likeness (QED) is 0.260. The van der Waals surface area contributed by atoms with Crippen LogP contribution in [0.2, 0.25) is 0 Å². The number of rotatable bonds is 3. The standard InChI is InChI=1S/C34H38F6N2O6/c35-33(36,37)26-7-1-6-24-25(15-27(34(38,39)40)41-28(24)26)29(43)20-4-3-9-42(17-20)30(44)45-23-5-2-8-31(16-23)46-32(48-47-31)21-11-18-10-19(13-21)14-22(32)12-18/h1,6-7,15,18-23,29,43H,2-5,8-14,16-17H2/t18?,19?,20-,21?,22?,23+,29+,31+,32?/m0/s1. The monoisotopic (exact) mass is 684 g/mol. The van der Waals surface area contributed by atoms with E-state index >= 15 is 0 Å². The summed E-state index contributed by atoms with van der Waals surface area (Å²) in [6, 6.07) is 3.56. The molecule has 0 unspecified atom stereocenters. The van der Waals surface area contributed by atoms with E-state index in [1.165, 1.54) is 17.4 Å². The molecule has 1 N–H and O–H groups in total. The molecule has 4 bridgehead atoms. The van der Waals surface area contributed by atoms with Gasteiger partial charge in [-0.05, 0) is 87.3 Å². The molecule has 7 fully saturated rings. The van der Waals surface area contributed by atoms with Crippen LogP contribution in [0, 0.1) is 29.6 Å². The fourth-order valence-corrected chi connectivity index (χ4v) is 9.83. The summed E-state index contributed by atoms with van der Waals surface area (Å²) in [5.41, 5.74) is -4.06. The van der Waals surface area contributed by atoms with Crippen molar-refractivity contribution in [2.24, 2.45) is 29.6 Å². The number of benzene rings is 1. The molecule has 1 aromatic carbocycles. The van der Waals surface area contributed by atoms with E-state index in [1.54, 1.807) is 0 Å². The largest absolute Gasteiger partial charge is 0.446 e. The van der Waals surface area contributed by atoms with Crippen LogP contribution < -0.4 is 0 Å². The summed E-state index contributed by atoms with van der Waals surface area (Å²) in [7, 11) is 0. The molecule has 7 aliphatic rings. The van der Waals surface area contributed by atoms with E-state index in [2.05, 4.69) is 4.98 Å². The summed E-state index contributed by atoms with van der Waals surface area (Å²) in [5, 5.41) is 11.2. The lowest BCUT2D eigenvalue weighted by atomic mass is 9.53. The van der Waals surface area contributed by atoms with Crippen molar-refractivity contribution in [3.63, 3.8) is 0 Å². The predicted molar refractivity (Wildman–Crippen MR) is 156 cm³/mol. The van der Waals surface area contributed by atoms with Crippen molar-refractivity contribution < 1.29 is 55.5 Å². The van der Waals surface area contributed by atoms with Gasteiger partial charge in [0.05, 0.1) is 17.2 Å². The van der Waals surface area contributed by atoms with Crippen LogP contribution >= 0.6 is 0 Å². The van der Waals surface area contributed by atoms with Gasteiger partial charge >= 0.3 is 18.4 Å². The summed E-state index contributed by atoms with van der Waals surface area (Å²) < 4.78 is 95.4. The maximum Gasteiger partial charge on any atom is 0.433 e. The number of fused-ring (bicyclic) bond motifs is 1. The van der Waals surface area contributed by atoms with Crippen molar-refractivity contribution in [1.29, 1.82) is 0 Å². The smallest absolute Gasteiger partial charge is 0.433 e. The van der Waals surface area contributed by atoms with Gasteiger partial charge in [0.1, 0.15) is 11.8 Å². The third-order valence-corrected chi connectivity index (χ3v) is 11.8. The number of hydrogen-bond acceptors (Lipinski definition) is 7. The number of ether oxygens (including phenoxy) is 2. The third-order valence-electron chi connectivity index (χ3n) is 11.8. The van der Waals surface area contributed by atoms with Gasteiger partial charge in [0.2, 0.25) is 11.6 Å². The van der Waals surface area contributed by atoms with Crippen LogP contribution in [0.25, 0.3) is 10.9 Å². The van der Waals surface area contributed by atoms with E-state index in [-0.39, 0.29) is 29.3 Å². The summed E-state index contributed by atoms with van der Waals surface area (Å²) in [6.07, 6.45) is -4.22. The minimum Gasteiger partial charge on any atom is -0.446 e. The highest BCUT2D eigenvalue weighted by atomic mass is 19.4. The minimum absolute atomic E-state index is 0.0487. The van der Waals surface area contributed by atoms with Gasteiger partial charge in [0, 0.05) is 49.1 Å². The van der Waals surface area contributed by atoms with Gasteiger partial charge in [-0.3, -0.25) is 0 Å². The fourth-order valence-electron chi connectivity index (χ4n) is 9.83. The molecule has 14 heteroatoms. The number of hydrogen-bond donors (Lipinski definition) is 1. The van der Waals surface area contributed by atoms with Crippen LogP contribution in [0.4, 0.5) is 31.1 Å². The van der Waals surface area contributed by atoms with Gasteiger partial charge in [0.25, 0.3) is 0 Å². The van der Waals surface area contributed by atoms with Crippen molar-refractivity contribution in [2.75, 3.05) is 13.1 Å². The van der Waals surface area contributed by atoms with Crippen LogP contribution in [-0.4, -0.2) is 51.9 Å². The van der Waals surface area contributed by atoms with Gasteiger partial charge in [-0.2, -0.15) is 36.1 Å². The van der Waals surface area contributed by atoms with E-state index in [9.17, 15) is 36.2 Å². The van der Waals surface area contributed by atoms with Gasteiger partial charge in [-0.25, -0.2) is 9.78 Å². The van der Waals surface area contributed by atoms with Crippen LogP contribution in [0.1, 0.15) is 93.6 Å². The average Bonchev–Trinajstić information content (AvgIpc) is 3.40. The number of carbonyl (C=O) groups is 1. The topological polar surface area (TPSA) is 90.4 Å². The number of nitrogens with zero attached hydrogens (tertiary/aromatic N) is 2. The molecule has 4 atom stereocenters. The summed E-state index contributed by atoms with van der Waals surface area (Å²) in [5.74, 6) is -0.496. The third kappa shape index (κ3) is 5.54. The highest BCUT2D eigenvalue weighted by Gasteiger charge is 2.67. The number of para-hydroxylation sites is 1. The first kappa shape index (κ1) is 32.5. The molecule has 1 aromatic heterocycles. The number of aromatic nitrogens is 1. The Morgan fingerprint density at radius 2 is 1.71 bits per heavy atom. The number of alkyl halides is 6. The number of aliphatic hydroxyl groups is 1. The molecule has 8 nitrogen and oxygen atoms in total. The van der Waals surface area contributed by atoms with Gasteiger partial charge < -0.3 is 19.5 Å². The lowest BCUT2D eigenvalue weighted by Crippen LogP contribution is -2.59. The van der Waals surface area contributed by atoms with E-state index < -0.39 is 64.9 Å². The fraction of sp³-hybridized carbons (Fsp3) is 0.706. The Morgan fingerprint density at radius 1 is 0.979 bits per heavy atom. The molecule has 2 saturated heterocycles. The first-order valence-corrected chi connectivity index (χ1v) is 17.0. The molecule has 9 rings (SSSR count). The molecular weight excluding hydrogens is 646 g/mol. The van der Waals surface area contributed by atoms with E-state index in [1.807, 2.05) is 0 Å². The molecule has 262 valence electrons. The molecule has 5 aliphatic carbocycles. The van der Waals surface area contributed by atoms with E-state index in [4.69, 9.17) is 19.2 Å². The minimum atomic E-state index is -5.05. The highest BCUT2D eigenvalue weighted by Crippen LogP contribution is 2.63. The maximum atomic E-state index is 13.8. The molecule has 3 heterocycles. The first-order valence-electron chi connectivity index (χ1n) is 17.0. The Kier molecular flexibility index (Phi) is 7.74. The lowest BCUT2D eigenvalue weighted by molar-refractivity contribution is -0.390. The number of aliphatic hydroxyl groups excluding tert-OH is 1. The zero-order valence-corrected chi connectivity index (χ0v) is 26.2. The predicted octanol–water partition coefficient (Wildman–Crippen LogP) is 7.92. The van der Waals surface area contributed by atoms with Crippen molar-refractivity contribution in [1.82, 2.24) is 9.88 Å². The number of carbonyl (C=O) groups excluding carboxylic acids is 1. The van der Waals surface area contributed by atoms with E-state index in [0.29, 0.717) is 57.2 Å². The summed E-state index contributed by atoms with van der Waals surface area (Å²) >= 11 is 0. The van der Waals surface area contributed by atoms with Crippen molar-refractivity contribution in [2.45, 2.75) is 107 Å². The Hall–Kier alpha value is -2.68. The molecule has 48 heavy (non-hydrogen) atoms. The molecular formula is C34H38F6N2O6. The van der Waals surface area contributed by atoms with Gasteiger partial charge in [0.15, 0.2) is 0 Å². The van der Waals surface area contributed by atoms with Crippen LogP contribution in [0.3, 0.4) is 0 Å². The zero-order valence-electron chi connectivity index (χ0n) is 26.2. The maximum absolute atomic E-state index is 13.8. The first-order chi connectivity index (χ1) is 22.7. The van der Waals surface area contributed by atoms with Gasteiger partial charge in [-0.1, -0.05) is 12.1 Å². The second-order valence-corrected chi connectivity index (χ2v) is 14.9. The number of amides is 1. The van der Waals surface area contributed by atoms with Crippen LogP contribution in [0.15, 0.2) is 24.3 Å². The molecule has 0 radical (unpaired) electrons. The van der Waals surface area contributed by atoms with Gasteiger partial charge in [-0.15, -0.1) is 0 Å². The van der Waals surface area contributed by atoms with Crippen LogP contribution in [-0.2, 0) is 31.6 Å². The second-order valence-electron chi connectivity index (χ2n) is 14.9. The Bertz CT molecular complexity index is 1560. The molecule has 2 spiro atoms. The summed E-state index contributed by atoms with van der Waals surface area (Å²) in [6.45, 7) is 0.251. The Morgan fingerprint density at radius 3 is 2.40 bits per heavy atom. The van der Waals surface area contributed by atoms with Crippen molar-refractivity contribution in [3.05, 3.63) is 41.1 Å². The molecule has 1 amide bonds. The number of piperidine rings is 1. The SMILES string of the molecule is O=C(O[C@@H]1CCC[C@]2(C1)OOC1(O2)C2CC3CC(C2)CC1C3)N1CCC[C@H]([C@@H](O)c2cc(C(F)(F)F)nc3c(C(F)(F)F)cccc23)C1.